The molecule has 4 nitrogen and oxygen atoms in total. The predicted octanol–water partition coefficient (Wildman–Crippen LogP) is 0.833. The van der Waals surface area contributed by atoms with E-state index in [9.17, 15) is 4.79 Å². The van der Waals surface area contributed by atoms with Gasteiger partial charge in [-0.15, -0.1) is 0 Å². The number of ether oxygens (including phenoxy) is 1. The number of nitrogens with one attached hydrogen (secondary N) is 1. The lowest BCUT2D eigenvalue weighted by atomic mass is 10.1. The summed E-state index contributed by atoms with van der Waals surface area (Å²) in [5, 5.41) is 11.5. The van der Waals surface area contributed by atoms with Crippen LogP contribution in [0.4, 0.5) is 0 Å². The van der Waals surface area contributed by atoms with Crippen molar-refractivity contribution in [3.8, 4) is 6.07 Å². The summed E-state index contributed by atoms with van der Waals surface area (Å²) in [6.07, 6.45) is 2.22. The monoisotopic (exact) mass is 196 g/mol. The summed E-state index contributed by atoms with van der Waals surface area (Å²) < 4.78 is 5.13. The number of rotatable bonds is 6. The van der Waals surface area contributed by atoms with Crippen molar-refractivity contribution in [3.63, 3.8) is 0 Å². The summed E-state index contributed by atoms with van der Waals surface area (Å²) in [6.45, 7) is 3.90. The van der Waals surface area contributed by atoms with Crippen LogP contribution >= 0.6 is 0 Å². The van der Waals surface area contributed by atoms with Crippen LogP contribution in [0, 0.1) is 16.7 Å². The van der Waals surface area contributed by atoms with E-state index in [1.165, 1.54) is 0 Å². The maximum Gasteiger partial charge on any atom is 0.240 e. The van der Waals surface area contributed by atoms with Crippen molar-refractivity contribution in [2.24, 2.45) is 5.41 Å². The van der Waals surface area contributed by atoms with Gasteiger partial charge in [0.1, 0.15) is 5.41 Å². The minimum atomic E-state index is -0.689. The molecule has 0 heterocycles. The van der Waals surface area contributed by atoms with Crippen molar-refractivity contribution >= 4 is 5.91 Å². The average Bonchev–Trinajstić information content (AvgIpc) is 2.98. The van der Waals surface area contributed by atoms with E-state index in [0.29, 0.717) is 32.6 Å². The Labute approximate surface area is 84.2 Å². The SMILES string of the molecule is CCOCCCNC(=O)C1(C#N)CC1. The zero-order valence-electron chi connectivity index (χ0n) is 8.51. The number of hydrogen-bond acceptors (Lipinski definition) is 3. The molecule has 1 rings (SSSR count). The molecule has 0 aromatic carbocycles. The van der Waals surface area contributed by atoms with Crippen molar-refractivity contribution < 1.29 is 9.53 Å². The van der Waals surface area contributed by atoms with Gasteiger partial charge >= 0.3 is 0 Å². The number of hydrogen-bond donors (Lipinski definition) is 1. The first-order chi connectivity index (χ1) is 6.75. The summed E-state index contributed by atoms with van der Waals surface area (Å²) in [5.74, 6) is -0.114. The van der Waals surface area contributed by atoms with Gasteiger partial charge in [-0.25, -0.2) is 0 Å². The van der Waals surface area contributed by atoms with Gasteiger partial charge in [0.25, 0.3) is 0 Å². The molecular weight excluding hydrogens is 180 g/mol. The molecule has 4 heteroatoms. The molecule has 0 aromatic heterocycles. The van der Waals surface area contributed by atoms with Crippen molar-refractivity contribution in [3.05, 3.63) is 0 Å². The molecular formula is C10H16N2O2. The molecule has 0 unspecified atom stereocenters. The number of nitriles is 1. The molecule has 0 spiro atoms. The van der Waals surface area contributed by atoms with Gasteiger partial charge in [0.05, 0.1) is 6.07 Å². The highest BCUT2D eigenvalue weighted by molar-refractivity contribution is 5.88. The van der Waals surface area contributed by atoms with Crippen molar-refractivity contribution in [2.45, 2.75) is 26.2 Å². The Morgan fingerprint density at radius 1 is 1.64 bits per heavy atom. The quantitative estimate of drug-likeness (QED) is 0.640. The van der Waals surface area contributed by atoms with E-state index in [0.717, 1.165) is 6.42 Å². The van der Waals surface area contributed by atoms with E-state index in [1.807, 2.05) is 6.92 Å². The second-order valence-electron chi connectivity index (χ2n) is 3.50. The lowest BCUT2D eigenvalue weighted by molar-refractivity contribution is -0.124. The molecule has 1 aliphatic rings. The standard InChI is InChI=1S/C10H16N2O2/c1-2-14-7-3-6-12-9(13)10(8-11)4-5-10/h2-7H2,1H3,(H,12,13). The minimum absolute atomic E-state index is 0.114. The lowest BCUT2D eigenvalue weighted by Crippen LogP contribution is -2.32. The number of nitrogens with zero attached hydrogens (tertiary/aromatic N) is 1. The maximum atomic E-state index is 11.4. The van der Waals surface area contributed by atoms with Crippen molar-refractivity contribution in [2.75, 3.05) is 19.8 Å². The highest BCUT2D eigenvalue weighted by Crippen LogP contribution is 2.44. The van der Waals surface area contributed by atoms with E-state index in [1.54, 1.807) is 0 Å². The van der Waals surface area contributed by atoms with Crippen LogP contribution in [-0.2, 0) is 9.53 Å². The van der Waals surface area contributed by atoms with Gasteiger partial charge in [0.2, 0.25) is 5.91 Å². The Bertz CT molecular complexity index is 241. The van der Waals surface area contributed by atoms with E-state index < -0.39 is 5.41 Å². The first-order valence-corrected chi connectivity index (χ1v) is 5.02. The third-order valence-corrected chi connectivity index (χ3v) is 2.35. The lowest BCUT2D eigenvalue weighted by Gasteiger charge is -2.07. The topological polar surface area (TPSA) is 62.1 Å². The van der Waals surface area contributed by atoms with Gasteiger partial charge in [-0.2, -0.15) is 5.26 Å². The first kappa shape index (κ1) is 11.0. The highest BCUT2D eigenvalue weighted by Gasteiger charge is 2.50. The highest BCUT2D eigenvalue weighted by atomic mass is 16.5. The molecule has 0 aromatic rings. The molecule has 1 fully saturated rings. The first-order valence-electron chi connectivity index (χ1n) is 5.02. The minimum Gasteiger partial charge on any atom is -0.382 e. The van der Waals surface area contributed by atoms with E-state index in [-0.39, 0.29) is 5.91 Å². The molecule has 1 amide bonds. The molecule has 1 saturated carbocycles. The fraction of sp³-hybridized carbons (Fsp3) is 0.800. The second kappa shape index (κ2) is 4.97. The maximum absolute atomic E-state index is 11.4. The largest absolute Gasteiger partial charge is 0.382 e. The second-order valence-corrected chi connectivity index (χ2v) is 3.50. The Kier molecular flexibility index (Phi) is 3.90. The smallest absolute Gasteiger partial charge is 0.240 e. The summed E-state index contributed by atoms with van der Waals surface area (Å²) in [7, 11) is 0. The van der Waals surface area contributed by atoms with Crippen LogP contribution in [0.5, 0.6) is 0 Å². The Morgan fingerprint density at radius 2 is 2.36 bits per heavy atom. The Morgan fingerprint density at radius 3 is 2.86 bits per heavy atom. The molecule has 1 N–H and O–H groups in total. The van der Waals surface area contributed by atoms with Crippen molar-refractivity contribution in [1.82, 2.24) is 5.32 Å². The molecule has 78 valence electrons. The van der Waals surface area contributed by atoms with Crippen LogP contribution in [0.3, 0.4) is 0 Å². The summed E-state index contributed by atoms with van der Waals surface area (Å²) in [6, 6.07) is 2.06. The zero-order valence-corrected chi connectivity index (χ0v) is 8.51. The van der Waals surface area contributed by atoms with Crippen LogP contribution in [-0.4, -0.2) is 25.7 Å². The summed E-state index contributed by atoms with van der Waals surface area (Å²) in [4.78, 5) is 11.4. The van der Waals surface area contributed by atoms with Gasteiger partial charge in [0.15, 0.2) is 0 Å². The Balaban J connectivity index is 2.08. The molecule has 14 heavy (non-hydrogen) atoms. The van der Waals surface area contributed by atoms with Crippen LogP contribution in [0.2, 0.25) is 0 Å². The molecule has 0 radical (unpaired) electrons. The fourth-order valence-corrected chi connectivity index (χ4v) is 1.20. The van der Waals surface area contributed by atoms with E-state index in [2.05, 4.69) is 11.4 Å². The number of carbonyl (C=O) groups is 1. The third-order valence-electron chi connectivity index (χ3n) is 2.35. The Hall–Kier alpha value is -1.08. The summed E-state index contributed by atoms with van der Waals surface area (Å²) in [5.41, 5.74) is -0.689. The van der Waals surface area contributed by atoms with Gasteiger partial charge < -0.3 is 10.1 Å². The molecule has 0 atom stereocenters. The van der Waals surface area contributed by atoms with Crippen LogP contribution in [0.15, 0.2) is 0 Å². The summed E-state index contributed by atoms with van der Waals surface area (Å²) >= 11 is 0. The van der Waals surface area contributed by atoms with Gasteiger partial charge in [-0.05, 0) is 26.2 Å². The van der Waals surface area contributed by atoms with Crippen LogP contribution in [0.1, 0.15) is 26.2 Å². The van der Waals surface area contributed by atoms with Gasteiger partial charge in [0, 0.05) is 19.8 Å². The predicted molar refractivity (Wildman–Crippen MR) is 51.4 cm³/mol. The number of carbonyl (C=O) groups excluding carboxylic acids is 1. The van der Waals surface area contributed by atoms with Crippen LogP contribution in [0.25, 0.3) is 0 Å². The molecule has 1 aliphatic carbocycles. The van der Waals surface area contributed by atoms with Crippen LogP contribution < -0.4 is 5.32 Å². The molecule has 0 aliphatic heterocycles. The third kappa shape index (κ3) is 2.71. The van der Waals surface area contributed by atoms with E-state index >= 15 is 0 Å². The number of amides is 1. The van der Waals surface area contributed by atoms with Crippen molar-refractivity contribution in [1.29, 1.82) is 5.26 Å². The molecule has 0 bridgehead atoms. The average molecular weight is 196 g/mol. The normalized spacial score (nSPS) is 17.1. The molecule has 0 saturated heterocycles. The van der Waals surface area contributed by atoms with Gasteiger partial charge in [-0.3, -0.25) is 4.79 Å². The zero-order chi connectivity index (χ0) is 10.4. The van der Waals surface area contributed by atoms with E-state index in [4.69, 9.17) is 10.00 Å². The van der Waals surface area contributed by atoms with Gasteiger partial charge in [-0.1, -0.05) is 0 Å². The fourth-order valence-electron chi connectivity index (χ4n) is 1.20.